The van der Waals surface area contributed by atoms with Gasteiger partial charge >= 0.3 is 11.9 Å². The molecule has 122 valence electrons. The number of aliphatic carboxylic acids is 1. The molecule has 0 spiro atoms. The lowest BCUT2D eigenvalue weighted by Crippen LogP contribution is -2.25. The van der Waals surface area contributed by atoms with Gasteiger partial charge < -0.3 is 10.2 Å². The average molecular weight is 350 g/mol. The normalized spacial score (nSPS) is 11.3. The average Bonchev–Trinajstić information content (AvgIpc) is 2.42. The number of aromatic carboxylic acids is 1. The van der Waals surface area contributed by atoms with Crippen LogP contribution in [0.4, 0.5) is 0 Å². The van der Waals surface area contributed by atoms with Gasteiger partial charge in [0.2, 0.25) is 10.0 Å². The fourth-order valence-corrected chi connectivity index (χ4v) is 3.00. The van der Waals surface area contributed by atoms with E-state index in [4.69, 9.17) is 21.8 Å². The van der Waals surface area contributed by atoms with Crippen molar-refractivity contribution in [2.75, 3.05) is 6.54 Å². The van der Waals surface area contributed by atoms with Crippen molar-refractivity contribution in [1.82, 2.24) is 4.72 Å². The molecule has 0 amide bonds. The van der Waals surface area contributed by atoms with Crippen molar-refractivity contribution in [2.24, 2.45) is 0 Å². The van der Waals surface area contributed by atoms with Gasteiger partial charge in [0, 0.05) is 13.0 Å². The van der Waals surface area contributed by atoms with Crippen molar-refractivity contribution in [3.63, 3.8) is 0 Å². The Hall–Kier alpha value is -1.64. The number of halogens is 1. The van der Waals surface area contributed by atoms with Crippen LogP contribution in [0.3, 0.4) is 0 Å². The Balaban J connectivity index is 2.61. The van der Waals surface area contributed by atoms with E-state index in [1.54, 1.807) is 0 Å². The van der Waals surface area contributed by atoms with Crippen LogP contribution >= 0.6 is 11.6 Å². The van der Waals surface area contributed by atoms with Gasteiger partial charge in [0.05, 0.1) is 15.5 Å². The monoisotopic (exact) mass is 349 g/mol. The quantitative estimate of drug-likeness (QED) is 0.586. The van der Waals surface area contributed by atoms with E-state index in [0.29, 0.717) is 19.3 Å². The fourth-order valence-electron chi connectivity index (χ4n) is 1.70. The molecule has 3 N–H and O–H groups in total. The van der Waals surface area contributed by atoms with Gasteiger partial charge in [-0.05, 0) is 31.0 Å². The van der Waals surface area contributed by atoms with Gasteiger partial charge in [-0.1, -0.05) is 18.0 Å². The van der Waals surface area contributed by atoms with Gasteiger partial charge in [-0.25, -0.2) is 17.9 Å². The number of hydrogen-bond acceptors (Lipinski definition) is 4. The Labute approximate surface area is 133 Å². The molecule has 22 heavy (non-hydrogen) atoms. The molecule has 1 aromatic rings. The van der Waals surface area contributed by atoms with Gasteiger partial charge in [-0.3, -0.25) is 4.79 Å². The van der Waals surface area contributed by atoms with Crippen LogP contribution in [0.5, 0.6) is 0 Å². The smallest absolute Gasteiger partial charge is 0.337 e. The largest absolute Gasteiger partial charge is 0.481 e. The summed E-state index contributed by atoms with van der Waals surface area (Å²) in [5.41, 5.74) is -0.286. The molecule has 0 heterocycles. The van der Waals surface area contributed by atoms with Crippen LogP contribution < -0.4 is 4.72 Å². The minimum absolute atomic E-state index is 0.0416. The van der Waals surface area contributed by atoms with Crippen LogP contribution in [0.1, 0.15) is 36.0 Å². The lowest BCUT2D eigenvalue weighted by atomic mass is 10.2. The first-order chi connectivity index (χ1) is 10.2. The summed E-state index contributed by atoms with van der Waals surface area (Å²) in [6.07, 6.45) is 1.59. The minimum Gasteiger partial charge on any atom is -0.481 e. The van der Waals surface area contributed by atoms with Crippen molar-refractivity contribution in [3.8, 4) is 0 Å². The zero-order valence-corrected chi connectivity index (χ0v) is 13.2. The first kappa shape index (κ1) is 18.4. The second kappa shape index (κ2) is 8.11. The third kappa shape index (κ3) is 5.63. The van der Waals surface area contributed by atoms with E-state index in [9.17, 15) is 18.0 Å². The van der Waals surface area contributed by atoms with Crippen molar-refractivity contribution in [2.45, 2.75) is 30.6 Å². The highest BCUT2D eigenvalue weighted by molar-refractivity contribution is 7.89. The SMILES string of the molecule is O=C(O)CCCCCNS(=O)(=O)c1ccc(Cl)c(C(=O)O)c1. The number of rotatable bonds is 9. The Kier molecular flexibility index (Phi) is 6.79. The van der Waals surface area contributed by atoms with E-state index in [0.717, 1.165) is 6.07 Å². The predicted octanol–water partition coefficient (Wildman–Crippen LogP) is 1.96. The molecule has 7 nitrogen and oxygen atoms in total. The summed E-state index contributed by atoms with van der Waals surface area (Å²) >= 11 is 5.68. The number of benzene rings is 1. The molecule has 0 aromatic heterocycles. The van der Waals surface area contributed by atoms with Crippen LogP contribution in [-0.2, 0) is 14.8 Å². The Morgan fingerprint density at radius 2 is 1.82 bits per heavy atom. The second-order valence-corrected chi connectivity index (χ2v) is 6.72. The number of nitrogens with one attached hydrogen (secondary N) is 1. The van der Waals surface area contributed by atoms with Gasteiger partial charge in [-0.15, -0.1) is 0 Å². The summed E-state index contributed by atoms with van der Waals surface area (Å²) in [6.45, 7) is 0.146. The molecule has 0 radical (unpaired) electrons. The van der Waals surface area contributed by atoms with E-state index in [-0.39, 0.29) is 28.4 Å². The van der Waals surface area contributed by atoms with Crippen molar-refractivity contribution in [3.05, 3.63) is 28.8 Å². The molecule has 0 aliphatic heterocycles. The number of carboxylic acids is 2. The highest BCUT2D eigenvalue weighted by Gasteiger charge is 2.17. The van der Waals surface area contributed by atoms with Gasteiger partial charge in [0.25, 0.3) is 0 Å². The third-order valence-electron chi connectivity index (χ3n) is 2.84. The predicted molar refractivity (Wildman–Crippen MR) is 79.7 cm³/mol. The summed E-state index contributed by atoms with van der Waals surface area (Å²) in [5.74, 6) is -2.20. The maximum atomic E-state index is 12.0. The number of hydrogen-bond donors (Lipinski definition) is 3. The summed E-state index contributed by atoms with van der Waals surface area (Å²) in [4.78, 5) is 21.1. The molecule has 0 unspecified atom stereocenters. The van der Waals surface area contributed by atoms with Crippen LogP contribution in [0.15, 0.2) is 23.1 Å². The third-order valence-corrected chi connectivity index (χ3v) is 4.63. The molecule has 0 fully saturated rings. The standard InChI is InChI=1S/C13H16ClNO6S/c14-11-6-5-9(8-10(11)13(18)19)22(20,21)15-7-3-1-2-4-12(16)17/h5-6,8,15H,1-4,7H2,(H,16,17)(H,18,19). The van der Waals surface area contributed by atoms with Crippen molar-refractivity contribution >= 4 is 33.6 Å². The molecule has 0 atom stereocenters. The lowest BCUT2D eigenvalue weighted by Gasteiger charge is -2.08. The Morgan fingerprint density at radius 3 is 2.41 bits per heavy atom. The maximum Gasteiger partial charge on any atom is 0.337 e. The summed E-state index contributed by atoms with van der Waals surface area (Å²) in [6, 6.07) is 3.44. The first-order valence-corrected chi connectivity index (χ1v) is 8.34. The molecule has 0 saturated carbocycles. The highest BCUT2D eigenvalue weighted by Crippen LogP contribution is 2.20. The number of carboxylic acid groups (broad SMARTS) is 2. The maximum absolute atomic E-state index is 12.0. The lowest BCUT2D eigenvalue weighted by molar-refractivity contribution is -0.137. The zero-order valence-electron chi connectivity index (χ0n) is 11.6. The molecule has 1 rings (SSSR count). The van der Waals surface area contributed by atoms with Gasteiger partial charge in [0.15, 0.2) is 0 Å². The van der Waals surface area contributed by atoms with Crippen LogP contribution in [0, 0.1) is 0 Å². The topological polar surface area (TPSA) is 121 Å². The summed E-state index contributed by atoms with van der Waals surface area (Å²) in [7, 11) is -3.82. The van der Waals surface area contributed by atoms with Gasteiger partial charge in [0.1, 0.15) is 0 Å². The number of sulfonamides is 1. The van der Waals surface area contributed by atoms with Crippen molar-refractivity contribution in [1.29, 1.82) is 0 Å². The molecule has 0 saturated heterocycles. The number of carbonyl (C=O) groups is 2. The molecular weight excluding hydrogens is 334 g/mol. The van der Waals surface area contributed by atoms with Crippen LogP contribution in [-0.4, -0.2) is 37.1 Å². The van der Waals surface area contributed by atoms with E-state index in [1.165, 1.54) is 12.1 Å². The minimum atomic E-state index is -3.82. The molecule has 1 aromatic carbocycles. The first-order valence-electron chi connectivity index (χ1n) is 6.48. The fraction of sp³-hybridized carbons (Fsp3) is 0.385. The van der Waals surface area contributed by atoms with E-state index in [2.05, 4.69) is 4.72 Å². The van der Waals surface area contributed by atoms with E-state index >= 15 is 0 Å². The second-order valence-electron chi connectivity index (χ2n) is 4.55. The Morgan fingerprint density at radius 1 is 1.14 bits per heavy atom. The number of unbranched alkanes of at least 4 members (excludes halogenated alkanes) is 2. The van der Waals surface area contributed by atoms with E-state index < -0.39 is 22.0 Å². The molecule has 0 aliphatic rings. The Bertz CT molecular complexity index is 658. The zero-order chi connectivity index (χ0) is 16.8. The molecule has 0 bridgehead atoms. The van der Waals surface area contributed by atoms with Crippen LogP contribution in [0.2, 0.25) is 5.02 Å². The van der Waals surface area contributed by atoms with Gasteiger partial charge in [-0.2, -0.15) is 0 Å². The van der Waals surface area contributed by atoms with E-state index in [1.807, 2.05) is 0 Å². The molecular formula is C13H16ClNO6S. The highest BCUT2D eigenvalue weighted by atomic mass is 35.5. The van der Waals surface area contributed by atoms with Crippen molar-refractivity contribution < 1.29 is 28.2 Å². The molecule has 9 heteroatoms. The molecule has 0 aliphatic carbocycles. The summed E-state index contributed by atoms with van der Waals surface area (Å²) < 4.78 is 26.4. The van der Waals surface area contributed by atoms with Crippen LogP contribution in [0.25, 0.3) is 0 Å². The summed E-state index contributed by atoms with van der Waals surface area (Å²) in [5, 5.41) is 17.4.